The van der Waals surface area contributed by atoms with Crippen molar-refractivity contribution in [1.82, 2.24) is 0 Å². The quantitative estimate of drug-likeness (QED) is 0.469. The van der Waals surface area contributed by atoms with Crippen LogP contribution in [0.1, 0.15) is 80.1 Å². The van der Waals surface area contributed by atoms with Gasteiger partial charge in [-0.15, -0.1) is 0 Å². The van der Waals surface area contributed by atoms with Crippen molar-refractivity contribution in [3.05, 3.63) is 46.6 Å². The minimum absolute atomic E-state index is 0.0913. The van der Waals surface area contributed by atoms with Crippen LogP contribution in [0, 0.1) is 28.6 Å². The molecule has 6 unspecified atom stereocenters. The second-order valence-corrected chi connectivity index (χ2v) is 12.3. The molecule has 2 aliphatic heterocycles. The normalized spacial score (nSPS) is 39.3. The third-order valence-corrected chi connectivity index (χ3v) is 10.3. The number of ketones is 1. The van der Waals surface area contributed by atoms with Gasteiger partial charge in [-0.3, -0.25) is 4.79 Å². The molecule has 5 rings (SSSR count). The number of Topliss-reactive ketones (excluding diaryl/α,β-unsaturated/α-hetero) is 1. The van der Waals surface area contributed by atoms with E-state index in [4.69, 9.17) is 9.47 Å². The zero-order valence-electron chi connectivity index (χ0n) is 21.9. The van der Waals surface area contributed by atoms with Crippen LogP contribution in [0.15, 0.2) is 46.6 Å². The summed E-state index contributed by atoms with van der Waals surface area (Å²) in [5.41, 5.74) is 3.02. The van der Waals surface area contributed by atoms with Crippen LogP contribution >= 0.6 is 0 Å². The summed E-state index contributed by atoms with van der Waals surface area (Å²) in [7, 11) is 0. The molecule has 5 nitrogen and oxygen atoms in total. The molecule has 0 spiro atoms. The predicted molar refractivity (Wildman–Crippen MR) is 133 cm³/mol. The Morgan fingerprint density at radius 2 is 1.80 bits per heavy atom. The Labute approximate surface area is 208 Å². The van der Waals surface area contributed by atoms with Gasteiger partial charge >= 0.3 is 11.9 Å². The number of ether oxygens (including phenoxy) is 2. The monoisotopic (exact) mass is 478 g/mol. The highest BCUT2D eigenvalue weighted by molar-refractivity contribution is 5.92. The average molecular weight is 479 g/mol. The van der Waals surface area contributed by atoms with Gasteiger partial charge < -0.3 is 9.47 Å². The molecule has 0 saturated heterocycles. The Bertz CT molecular complexity index is 1120. The van der Waals surface area contributed by atoms with E-state index in [0.717, 1.165) is 37.7 Å². The van der Waals surface area contributed by atoms with Crippen molar-refractivity contribution in [2.24, 2.45) is 28.6 Å². The maximum atomic E-state index is 13.9. The third kappa shape index (κ3) is 3.52. The molecule has 1 fully saturated rings. The van der Waals surface area contributed by atoms with Gasteiger partial charge in [0, 0.05) is 30.4 Å². The SMILES string of the molecule is CC1=CCC(C(C)C2CC(=O)C3(C)C4=C(C=C5C=CC(=O)OC(C)(C)C5CC4)CCC23C)OC1=O. The number of carbonyl (C=O) groups excluding carboxylic acids is 3. The highest BCUT2D eigenvalue weighted by atomic mass is 16.6. The second kappa shape index (κ2) is 8.04. The highest BCUT2D eigenvalue weighted by Crippen LogP contribution is 2.67. The van der Waals surface area contributed by atoms with Crippen LogP contribution in [-0.4, -0.2) is 29.4 Å². The number of carbonyl (C=O) groups is 3. The molecule has 5 aliphatic rings. The van der Waals surface area contributed by atoms with Gasteiger partial charge in [-0.05, 0) is 81.8 Å². The zero-order valence-corrected chi connectivity index (χ0v) is 21.9. The Hall–Kier alpha value is -2.43. The van der Waals surface area contributed by atoms with E-state index in [0.29, 0.717) is 17.8 Å². The number of allylic oxidation sites excluding steroid dienone is 4. The van der Waals surface area contributed by atoms with Crippen molar-refractivity contribution < 1.29 is 23.9 Å². The van der Waals surface area contributed by atoms with Crippen molar-refractivity contribution in [3.63, 3.8) is 0 Å². The summed E-state index contributed by atoms with van der Waals surface area (Å²) in [5, 5.41) is 0. The molecule has 0 N–H and O–H groups in total. The van der Waals surface area contributed by atoms with Crippen molar-refractivity contribution in [1.29, 1.82) is 0 Å². The van der Waals surface area contributed by atoms with Crippen molar-refractivity contribution in [2.45, 2.75) is 91.8 Å². The van der Waals surface area contributed by atoms with Crippen LogP contribution in [-0.2, 0) is 23.9 Å². The molecule has 2 heterocycles. The molecule has 1 saturated carbocycles. The average Bonchev–Trinajstić information content (AvgIpc) is 2.93. The third-order valence-electron chi connectivity index (χ3n) is 10.3. The summed E-state index contributed by atoms with van der Waals surface area (Å²) in [5.74, 6) is 0.158. The van der Waals surface area contributed by atoms with Crippen LogP contribution in [0.3, 0.4) is 0 Å². The second-order valence-electron chi connectivity index (χ2n) is 12.3. The molecular formula is C30H38O5. The molecule has 0 amide bonds. The van der Waals surface area contributed by atoms with E-state index in [2.05, 4.69) is 26.8 Å². The Kier molecular flexibility index (Phi) is 5.58. The first-order valence-corrected chi connectivity index (χ1v) is 13.1. The van der Waals surface area contributed by atoms with Gasteiger partial charge in [0.1, 0.15) is 17.5 Å². The number of fused-ring (bicyclic) bond motifs is 3. The van der Waals surface area contributed by atoms with Gasteiger partial charge in [-0.25, -0.2) is 9.59 Å². The van der Waals surface area contributed by atoms with Crippen molar-refractivity contribution >= 4 is 17.7 Å². The fourth-order valence-electron chi connectivity index (χ4n) is 7.90. The summed E-state index contributed by atoms with van der Waals surface area (Å²) in [6.07, 6.45) is 12.3. The first kappa shape index (κ1) is 24.3. The first-order valence-electron chi connectivity index (χ1n) is 13.1. The van der Waals surface area contributed by atoms with E-state index in [9.17, 15) is 14.4 Å². The lowest BCUT2D eigenvalue weighted by Gasteiger charge is -2.51. The lowest BCUT2D eigenvalue weighted by Crippen LogP contribution is -2.47. The number of hydrogen-bond acceptors (Lipinski definition) is 5. The van der Waals surface area contributed by atoms with Gasteiger partial charge in [0.05, 0.1) is 5.41 Å². The maximum Gasteiger partial charge on any atom is 0.333 e. The zero-order chi connectivity index (χ0) is 25.3. The van der Waals surface area contributed by atoms with Gasteiger partial charge in [-0.2, -0.15) is 0 Å². The molecule has 188 valence electrons. The van der Waals surface area contributed by atoms with E-state index in [1.54, 1.807) is 6.92 Å². The summed E-state index contributed by atoms with van der Waals surface area (Å²) in [6, 6.07) is 0. The van der Waals surface area contributed by atoms with Crippen molar-refractivity contribution in [2.75, 3.05) is 0 Å². The predicted octanol–water partition coefficient (Wildman–Crippen LogP) is 5.80. The van der Waals surface area contributed by atoms with E-state index in [1.807, 2.05) is 26.0 Å². The Balaban J connectivity index is 1.51. The smallest absolute Gasteiger partial charge is 0.333 e. The summed E-state index contributed by atoms with van der Waals surface area (Å²) in [6.45, 7) is 12.4. The largest absolute Gasteiger partial charge is 0.458 e. The Morgan fingerprint density at radius 3 is 2.51 bits per heavy atom. The van der Waals surface area contributed by atoms with Crippen LogP contribution in [0.4, 0.5) is 0 Å². The molecule has 6 atom stereocenters. The van der Waals surface area contributed by atoms with E-state index < -0.39 is 11.0 Å². The lowest BCUT2D eigenvalue weighted by atomic mass is 9.52. The Morgan fingerprint density at radius 1 is 1.06 bits per heavy atom. The number of hydrogen-bond donors (Lipinski definition) is 0. The van der Waals surface area contributed by atoms with Crippen LogP contribution in [0.25, 0.3) is 0 Å². The number of cyclic esters (lactones) is 2. The summed E-state index contributed by atoms with van der Waals surface area (Å²) < 4.78 is 11.6. The first-order chi connectivity index (χ1) is 16.4. The molecule has 3 aliphatic carbocycles. The standard InChI is InChI=1S/C30H38O5/c1-17-7-11-24(34-27(17)33)18(2)23-16-25(31)30(6)22-10-9-21-19(8-12-26(32)35-28(21,3)4)15-20(22)13-14-29(23,30)5/h7-8,12,15,18,21,23-24H,9-11,13-14,16H2,1-6H3. The highest BCUT2D eigenvalue weighted by Gasteiger charge is 2.64. The topological polar surface area (TPSA) is 69.7 Å². The van der Waals surface area contributed by atoms with Gasteiger partial charge in [0.25, 0.3) is 0 Å². The van der Waals surface area contributed by atoms with Crippen LogP contribution in [0.2, 0.25) is 0 Å². The minimum atomic E-state index is -0.599. The van der Waals surface area contributed by atoms with Gasteiger partial charge in [0.15, 0.2) is 0 Å². The lowest BCUT2D eigenvalue weighted by molar-refractivity contribution is -0.153. The van der Waals surface area contributed by atoms with Crippen LogP contribution in [0.5, 0.6) is 0 Å². The number of esters is 2. The molecule has 0 aromatic carbocycles. The van der Waals surface area contributed by atoms with Crippen LogP contribution < -0.4 is 0 Å². The maximum absolute atomic E-state index is 13.9. The van der Waals surface area contributed by atoms with E-state index in [-0.39, 0.29) is 41.2 Å². The minimum Gasteiger partial charge on any atom is -0.458 e. The number of rotatable bonds is 2. The molecule has 0 bridgehead atoms. The van der Waals surface area contributed by atoms with Gasteiger partial charge in [0.2, 0.25) is 0 Å². The van der Waals surface area contributed by atoms with Crippen molar-refractivity contribution in [3.8, 4) is 0 Å². The summed E-state index contributed by atoms with van der Waals surface area (Å²) in [4.78, 5) is 38.3. The fourth-order valence-corrected chi connectivity index (χ4v) is 7.90. The summed E-state index contributed by atoms with van der Waals surface area (Å²) >= 11 is 0. The molecule has 0 aromatic heterocycles. The van der Waals surface area contributed by atoms with E-state index in [1.165, 1.54) is 17.2 Å². The molecule has 0 aromatic rings. The van der Waals surface area contributed by atoms with Gasteiger partial charge in [-0.1, -0.05) is 37.6 Å². The molecular weight excluding hydrogens is 440 g/mol. The molecule has 0 radical (unpaired) electrons. The fraction of sp³-hybridized carbons (Fsp3) is 0.633. The molecule has 5 heteroatoms. The van der Waals surface area contributed by atoms with E-state index >= 15 is 0 Å². The molecule has 35 heavy (non-hydrogen) atoms.